The number of aliphatic hydroxyl groups excluding tert-OH is 1. The van der Waals surface area contributed by atoms with Crippen molar-refractivity contribution in [1.29, 1.82) is 0 Å². The third kappa shape index (κ3) is 2.57. The van der Waals surface area contributed by atoms with Crippen LogP contribution in [-0.4, -0.2) is 11.0 Å². The number of halogens is 3. The smallest absolute Gasteiger partial charge is 0.228 e. The maximum absolute atomic E-state index is 13.6. The highest BCUT2D eigenvalue weighted by molar-refractivity contribution is 9.10. The quantitative estimate of drug-likeness (QED) is 0.844. The summed E-state index contributed by atoms with van der Waals surface area (Å²) in [6, 6.07) is 7.72. The van der Waals surface area contributed by atoms with E-state index < -0.39 is 11.9 Å². The van der Waals surface area contributed by atoms with Crippen LogP contribution in [0.15, 0.2) is 34.8 Å². The van der Waals surface area contributed by atoms with Gasteiger partial charge >= 0.3 is 0 Å². The van der Waals surface area contributed by atoms with Crippen molar-refractivity contribution >= 4 is 39.1 Å². The fraction of sp³-hybridized carbons (Fsp3) is 0.133. The largest absolute Gasteiger partial charge is 0.384 e. The number of carbonyl (C=O) groups excluding carboxylic acids is 1. The molecule has 1 heterocycles. The van der Waals surface area contributed by atoms with E-state index in [4.69, 9.17) is 11.6 Å². The number of hydrogen-bond acceptors (Lipinski definition) is 2. The minimum absolute atomic E-state index is 0.111. The van der Waals surface area contributed by atoms with Gasteiger partial charge in [-0.25, -0.2) is 4.39 Å². The third-order valence-electron chi connectivity index (χ3n) is 3.42. The van der Waals surface area contributed by atoms with Gasteiger partial charge < -0.3 is 10.4 Å². The number of aliphatic hydroxyl groups is 1. The predicted octanol–water partition coefficient (Wildman–Crippen LogP) is 3.82. The molecule has 21 heavy (non-hydrogen) atoms. The number of amides is 1. The lowest BCUT2D eigenvalue weighted by Crippen LogP contribution is -2.03. The zero-order valence-electron chi connectivity index (χ0n) is 10.7. The molecule has 1 unspecified atom stereocenters. The monoisotopic (exact) mass is 369 g/mol. The van der Waals surface area contributed by atoms with Gasteiger partial charge in [-0.2, -0.15) is 0 Å². The summed E-state index contributed by atoms with van der Waals surface area (Å²) in [6.07, 6.45) is -0.833. The van der Waals surface area contributed by atoms with Gasteiger partial charge in [-0.15, -0.1) is 0 Å². The predicted molar refractivity (Wildman–Crippen MR) is 81.9 cm³/mol. The molecule has 2 aromatic rings. The van der Waals surface area contributed by atoms with Crippen LogP contribution in [0, 0.1) is 5.82 Å². The first-order valence-electron chi connectivity index (χ1n) is 6.21. The molecule has 1 amide bonds. The molecule has 0 saturated heterocycles. The van der Waals surface area contributed by atoms with Crippen LogP contribution in [0.4, 0.5) is 10.1 Å². The molecular weight excluding hydrogens is 361 g/mol. The van der Waals surface area contributed by atoms with E-state index in [9.17, 15) is 14.3 Å². The van der Waals surface area contributed by atoms with Crippen LogP contribution < -0.4 is 5.32 Å². The molecule has 2 N–H and O–H groups in total. The van der Waals surface area contributed by atoms with Crippen molar-refractivity contribution in [3.8, 4) is 0 Å². The molecule has 0 aromatic heterocycles. The van der Waals surface area contributed by atoms with Gasteiger partial charge in [-0.05, 0) is 39.7 Å². The molecule has 0 radical (unpaired) electrons. The van der Waals surface area contributed by atoms with Crippen molar-refractivity contribution < 1.29 is 14.3 Å². The van der Waals surface area contributed by atoms with Crippen LogP contribution in [0.25, 0.3) is 0 Å². The summed E-state index contributed by atoms with van der Waals surface area (Å²) in [5.41, 5.74) is 2.25. The van der Waals surface area contributed by atoms with Crippen LogP contribution in [0.5, 0.6) is 0 Å². The average Bonchev–Trinajstić information content (AvgIpc) is 2.79. The fourth-order valence-electron chi connectivity index (χ4n) is 2.38. The highest BCUT2D eigenvalue weighted by Crippen LogP contribution is 2.37. The summed E-state index contributed by atoms with van der Waals surface area (Å²) in [6.45, 7) is 0. The summed E-state index contributed by atoms with van der Waals surface area (Å²) in [5.74, 6) is -0.569. The summed E-state index contributed by atoms with van der Waals surface area (Å²) < 4.78 is 13.8. The van der Waals surface area contributed by atoms with Crippen LogP contribution in [0.3, 0.4) is 0 Å². The number of rotatable bonds is 2. The molecular formula is C15H10BrClFNO2. The summed E-state index contributed by atoms with van der Waals surface area (Å²) in [7, 11) is 0. The number of hydrogen-bond donors (Lipinski definition) is 2. The normalized spacial score (nSPS) is 14.8. The number of nitrogens with one attached hydrogen (secondary N) is 1. The first-order valence-corrected chi connectivity index (χ1v) is 7.38. The van der Waals surface area contributed by atoms with Crippen LogP contribution >= 0.6 is 27.5 Å². The van der Waals surface area contributed by atoms with Crippen molar-refractivity contribution in [2.75, 3.05) is 5.32 Å². The van der Waals surface area contributed by atoms with Crippen molar-refractivity contribution in [2.24, 2.45) is 0 Å². The van der Waals surface area contributed by atoms with E-state index in [1.807, 2.05) is 0 Å². The van der Waals surface area contributed by atoms with E-state index in [1.165, 1.54) is 12.1 Å². The van der Waals surface area contributed by atoms with E-state index in [0.717, 1.165) is 5.56 Å². The van der Waals surface area contributed by atoms with E-state index in [-0.39, 0.29) is 16.8 Å². The van der Waals surface area contributed by atoms with Gasteiger partial charge in [0.1, 0.15) is 11.9 Å². The van der Waals surface area contributed by atoms with Crippen molar-refractivity contribution in [3.05, 3.63) is 62.3 Å². The average molecular weight is 371 g/mol. The molecule has 0 spiro atoms. The van der Waals surface area contributed by atoms with E-state index in [0.29, 0.717) is 21.8 Å². The van der Waals surface area contributed by atoms with Gasteiger partial charge in [0.15, 0.2) is 0 Å². The van der Waals surface area contributed by atoms with E-state index in [1.54, 1.807) is 18.2 Å². The second kappa shape index (κ2) is 5.40. The molecule has 108 valence electrons. The Bertz CT molecular complexity index is 751. The van der Waals surface area contributed by atoms with Crippen molar-refractivity contribution in [3.63, 3.8) is 0 Å². The minimum Gasteiger partial charge on any atom is -0.384 e. The Labute approximate surface area is 133 Å². The summed E-state index contributed by atoms with van der Waals surface area (Å²) >= 11 is 9.30. The lowest BCUT2D eigenvalue weighted by Gasteiger charge is -2.16. The Morgan fingerprint density at radius 1 is 1.33 bits per heavy atom. The van der Waals surface area contributed by atoms with Gasteiger partial charge in [0.05, 0.1) is 10.9 Å². The molecule has 0 saturated carbocycles. The first-order chi connectivity index (χ1) is 9.97. The maximum atomic E-state index is 13.6. The molecule has 0 aliphatic carbocycles. The Balaban J connectivity index is 2.06. The Kier molecular flexibility index (Phi) is 3.73. The van der Waals surface area contributed by atoms with Crippen molar-refractivity contribution in [1.82, 2.24) is 0 Å². The topological polar surface area (TPSA) is 49.3 Å². The maximum Gasteiger partial charge on any atom is 0.228 e. The molecule has 0 fully saturated rings. The summed E-state index contributed by atoms with van der Waals surface area (Å²) in [4.78, 5) is 11.4. The molecule has 3 nitrogen and oxygen atoms in total. The number of fused-ring (bicyclic) bond motifs is 1. The first kappa shape index (κ1) is 14.5. The van der Waals surface area contributed by atoms with Gasteiger partial charge in [0.2, 0.25) is 5.91 Å². The zero-order valence-corrected chi connectivity index (χ0v) is 13.0. The van der Waals surface area contributed by atoms with E-state index in [2.05, 4.69) is 21.2 Å². The lowest BCUT2D eigenvalue weighted by molar-refractivity contribution is -0.115. The van der Waals surface area contributed by atoms with Gasteiger partial charge in [-0.1, -0.05) is 23.7 Å². The molecule has 1 aliphatic heterocycles. The second-order valence-electron chi connectivity index (χ2n) is 4.80. The van der Waals surface area contributed by atoms with Crippen LogP contribution in [0.2, 0.25) is 5.02 Å². The molecule has 2 aromatic carbocycles. The molecule has 0 bridgehead atoms. The summed E-state index contributed by atoms with van der Waals surface area (Å²) in [5, 5.41) is 13.5. The van der Waals surface area contributed by atoms with Gasteiger partial charge in [0, 0.05) is 21.8 Å². The minimum atomic E-state index is -1.08. The zero-order chi connectivity index (χ0) is 15.1. The van der Waals surface area contributed by atoms with E-state index >= 15 is 0 Å². The number of benzene rings is 2. The number of anilines is 1. The second-order valence-corrected chi connectivity index (χ2v) is 6.00. The Hall–Kier alpha value is -1.43. The van der Waals surface area contributed by atoms with Gasteiger partial charge in [0.25, 0.3) is 0 Å². The standard InChI is InChI=1S/C15H10BrClFNO2/c16-14-8(2-1-3-11(14)18)15(21)9-4-7-5-13(20)19-12(7)6-10(9)17/h1-4,6,15,21H,5H2,(H,19,20). The molecule has 1 aliphatic rings. The van der Waals surface area contributed by atoms with Crippen molar-refractivity contribution in [2.45, 2.75) is 12.5 Å². The fourth-order valence-corrected chi connectivity index (χ4v) is 3.12. The van der Waals surface area contributed by atoms with Crippen LogP contribution in [0.1, 0.15) is 22.8 Å². The Morgan fingerprint density at radius 2 is 2.10 bits per heavy atom. The molecule has 3 rings (SSSR count). The highest BCUT2D eigenvalue weighted by Gasteiger charge is 2.24. The third-order valence-corrected chi connectivity index (χ3v) is 4.58. The Morgan fingerprint density at radius 3 is 2.86 bits per heavy atom. The SMILES string of the molecule is O=C1Cc2cc(C(O)c3cccc(F)c3Br)c(Cl)cc2N1. The highest BCUT2D eigenvalue weighted by atomic mass is 79.9. The number of carbonyl (C=O) groups is 1. The lowest BCUT2D eigenvalue weighted by atomic mass is 9.98. The van der Waals surface area contributed by atoms with Gasteiger partial charge in [-0.3, -0.25) is 4.79 Å². The molecule has 6 heteroatoms. The molecule has 1 atom stereocenters. The van der Waals surface area contributed by atoms with Crippen LogP contribution in [-0.2, 0) is 11.2 Å².